The molecule has 4 rings (SSSR count). The van der Waals surface area contributed by atoms with Gasteiger partial charge in [-0.25, -0.2) is 4.90 Å². The number of benzene rings is 3. The van der Waals surface area contributed by atoms with E-state index in [4.69, 9.17) is 0 Å². The summed E-state index contributed by atoms with van der Waals surface area (Å²) < 4.78 is 39.5. The Morgan fingerprint density at radius 3 is 2.00 bits per heavy atom. The lowest BCUT2D eigenvalue weighted by Crippen LogP contribution is -2.31. The summed E-state index contributed by atoms with van der Waals surface area (Å²) in [5.41, 5.74) is -0.335. The first kappa shape index (κ1) is 20.0. The highest BCUT2D eigenvalue weighted by Gasteiger charge is 2.41. The average molecular weight is 425 g/mol. The number of halogens is 3. The van der Waals surface area contributed by atoms with Crippen LogP contribution in [-0.2, 0) is 15.8 Å². The molecule has 2 amide bonds. The van der Waals surface area contributed by atoms with E-state index in [-0.39, 0.29) is 16.2 Å². The zero-order valence-electron chi connectivity index (χ0n) is 15.4. The highest BCUT2D eigenvalue weighted by Crippen LogP contribution is 2.42. The van der Waals surface area contributed by atoms with Gasteiger partial charge in [0.25, 0.3) is 11.8 Å². The first-order valence-corrected chi connectivity index (χ1v) is 9.76. The number of nitrogens with zero attached hydrogens (tertiary/aromatic N) is 1. The van der Waals surface area contributed by atoms with Crippen molar-refractivity contribution in [1.82, 2.24) is 0 Å². The van der Waals surface area contributed by atoms with Crippen molar-refractivity contribution in [3.8, 4) is 0 Å². The Balaban J connectivity index is 1.81. The SMILES string of the molecule is O=C1C(Sc2ccccc2)=C(c2ccccc2)C(=O)N1c1cccc(C(F)(F)F)c1. The summed E-state index contributed by atoms with van der Waals surface area (Å²) in [6.07, 6.45) is -4.58. The Labute approximate surface area is 174 Å². The van der Waals surface area contributed by atoms with Crippen molar-refractivity contribution in [2.45, 2.75) is 11.1 Å². The molecule has 0 unspecified atom stereocenters. The fraction of sp³-hybridized carbons (Fsp3) is 0.0435. The molecule has 0 saturated carbocycles. The summed E-state index contributed by atoms with van der Waals surface area (Å²) in [7, 11) is 0. The van der Waals surface area contributed by atoms with Crippen molar-refractivity contribution in [3.63, 3.8) is 0 Å². The molecule has 1 aliphatic heterocycles. The molecule has 0 saturated heterocycles. The van der Waals surface area contributed by atoms with Crippen LogP contribution in [0.1, 0.15) is 11.1 Å². The van der Waals surface area contributed by atoms with Crippen LogP contribution in [0.5, 0.6) is 0 Å². The van der Waals surface area contributed by atoms with Gasteiger partial charge < -0.3 is 0 Å². The lowest BCUT2D eigenvalue weighted by Gasteiger charge is -2.17. The molecule has 0 spiro atoms. The van der Waals surface area contributed by atoms with Gasteiger partial charge >= 0.3 is 6.18 Å². The van der Waals surface area contributed by atoms with Crippen LogP contribution < -0.4 is 4.90 Å². The molecule has 0 aliphatic carbocycles. The molecular weight excluding hydrogens is 411 g/mol. The number of carbonyl (C=O) groups is 2. The van der Waals surface area contributed by atoms with Gasteiger partial charge in [0.1, 0.15) is 0 Å². The van der Waals surface area contributed by atoms with Crippen LogP contribution in [0.4, 0.5) is 18.9 Å². The maximum atomic E-state index is 13.2. The van der Waals surface area contributed by atoms with E-state index < -0.39 is 23.6 Å². The minimum atomic E-state index is -4.58. The summed E-state index contributed by atoms with van der Waals surface area (Å²) >= 11 is 1.12. The number of rotatable bonds is 4. The largest absolute Gasteiger partial charge is 0.416 e. The Kier molecular flexibility index (Phi) is 5.22. The number of carbonyl (C=O) groups excluding carboxylic acids is 2. The lowest BCUT2D eigenvalue weighted by molar-refractivity contribution is -0.137. The highest BCUT2D eigenvalue weighted by atomic mass is 32.2. The third kappa shape index (κ3) is 3.76. The van der Waals surface area contributed by atoms with E-state index in [0.29, 0.717) is 5.56 Å². The second-order valence-corrected chi connectivity index (χ2v) is 7.56. The van der Waals surface area contributed by atoms with E-state index in [9.17, 15) is 22.8 Å². The van der Waals surface area contributed by atoms with Crippen molar-refractivity contribution < 1.29 is 22.8 Å². The van der Waals surface area contributed by atoms with Crippen LogP contribution in [-0.4, -0.2) is 11.8 Å². The molecule has 1 heterocycles. The predicted octanol–water partition coefficient (Wildman–Crippen LogP) is 5.78. The summed E-state index contributed by atoms with van der Waals surface area (Å²) in [6.45, 7) is 0. The van der Waals surface area contributed by atoms with Crippen LogP contribution >= 0.6 is 11.8 Å². The molecule has 0 atom stereocenters. The molecule has 0 bridgehead atoms. The fourth-order valence-corrected chi connectivity index (χ4v) is 4.14. The topological polar surface area (TPSA) is 37.4 Å². The molecule has 3 aromatic rings. The van der Waals surface area contributed by atoms with Gasteiger partial charge in [0.05, 0.1) is 21.7 Å². The summed E-state index contributed by atoms with van der Waals surface area (Å²) in [6, 6.07) is 21.9. The lowest BCUT2D eigenvalue weighted by atomic mass is 10.1. The number of hydrogen-bond acceptors (Lipinski definition) is 3. The second-order valence-electron chi connectivity index (χ2n) is 6.48. The zero-order chi connectivity index (χ0) is 21.3. The van der Waals surface area contributed by atoms with Crippen molar-refractivity contribution in [2.24, 2.45) is 0 Å². The zero-order valence-corrected chi connectivity index (χ0v) is 16.2. The molecule has 7 heteroatoms. The Morgan fingerprint density at radius 1 is 0.733 bits per heavy atom. The van der Waals surface area contributed by atoms with Crippen LogP contribution in [0.3, 0.4) is 0 Å². The normalized spacial score (nSPS) is 14.6. The molecule has 3 aromatic carbocycles. The maximum Gasteiger partial charge on any atom is 0.416 e. The number of anilines is 1. The maximum absolute atomic E-state index is 13.2. The van der Waals surface area contributed by atoms with Gasteiger partial charge in [0.2, 0.25) is 0 Å². The van der Waals surface area contributed by atoms with Gasteiger partial charge in [-0.1, -0.05) is 66.4 Å². The van der Waals surface area contributed by atoms with Gasteiger partial charge in [-0.05, 0) is 35.9 Å². The van der Waals surface area contributed by atoms with E-state index in [1.165, 1.54) is 12.1 Å². The molecule has 150 valence electrons. The molecule has 0 N–H and O–H groups in total. The van der Waals surface area contributed by atoms with E-state index in [2.05, 4.69) is 0 Å². The first-order chi connectivity index (χ1) is 14.4. The monoisotopic (exact) mass is 425 g/mol. The van der Waals surface area contributed by atoms with E-state index in [0.717, 1.165) is 33.7 Å². The Morgan fingerprint density at radius 2 is 1.37 bits per heavy atom. The average Bonchev–Trinajstić information content (AvgIpc) is 2.98. The Hall–Kier alpha value is -3.32. The van der Waals surface area contributed by atoms with Crippen molar-refractivity contribution in [3.05, 3.63) is 101 Å². The van der Waals surface area contributed by atoms with Gasteiger partial charge in [0, 0.05) is 4.90 Å². The molecule has 0 aromatic heterocycles. The number of imide groups is 1. The first-order valence-electron chi connectivity index (χ1n) is 8.95. The van der Waals surface area contributed by atoms with Gasteiger partial charge in [0.15, 0.2) is 0 Å². The quantitative estimate of drug-likeness (QED) is 0.497. The molecule has 0 fully saturated rings. The highest BCUT2D eigenvalue weighted by molar-refractivity contribution is 8.04. The third-order valence-electron chi connectivity index (χ3n) is 4.50. The van der Waals surface area contributed by atoms with Crippen LogP contribution in [0.25, 0.3) is 5.57 Å². The van der Waals surface area contributed by atoms with Crippen LogP contribution in [0.15, 0.2) is 94.7 Å². The molecule has 3 nitrogen and oxygen atoms in total. The molecule has 1 aliphatic rings. The second kappa shape index (κ2) is 7.84. The van der Waals surface area contributed by atoms with E-state index in [1.807, 2.05) is 6.07 Å². The standard InChI is InChI=1S/C23H14F3NO2S/c24-23(25,26)16-10-7-11-17(14-16)27-21(28)19(15-8-3-1-4-9-15)20(22(27)29)30-18-12-5-2-6-13-18/h1-14H. The number of hydrogen-bond donors (Lipinski definition) is 0. The van der Waals surface area contributed by atoms with E-state index >= 15 is 0 Å². The van der Waals surface area contributed by atoms with Crippen molar-refractivity contribution in [1.29, 1.82) is 0 Å². The third-order valence-corrected chi connectivity index (χ3v) is 5.59. The summed E-state index contributed by atoms with van der Waals surface area (Å²) in [4.78, 5) is 28.2. The van der Waals surface area contributed by atoms with Gasteiger partial charge in [-0.15, -0.1) is 0 Å². The van der Waals surface area contributed by atoms with Crippen molar-refractivity contribution >= 4 is 34.8 Å². The number of amides is 2. The minimum Gasteiger partial charge on any atom is -0.268 e. The van der Waals surface area contributed by atoms with Crippen LogP contribution in [0, 0.1) is 0 Å². The predicted molar refractivity (Wildman–Crippen MR) is 110 cm³/mol. The van der Waals surface area contributed by atoms with Crippen LogP contribution in [0.2, 0.25) is 0 Å². The summed E-state index contributed by atoms with van der Waals surface area (Å²) in [5.74, 6) is -1.30. The summed E-state index contributed by atoms with van der Waals surface area (Å²) in [5, 5.41) is 0. The minimum absolute atomic E-state index is 0.114. The smallest absolute Gasteiger partial charge is 0.268 e. The van der Waals surface area contributed by atoms with E-state index in [1.54, 1.807) is 54.6 Å². The molecule has 30 heavy (non-hydrogen) atoms. The number of alkyl halides is 3. The number of thioether (sulfide) groups is 1. The molecule has 0 radical (unpaired) electrons. The van der Waals surface area contributed by atoms with Gasteiger partial charge in [-0.2, -0.15) is 13.2 Å². The molecular formula is C23H14F3NO2S. The van der Waals surface area contributed by atoms with Crippen molar-refractivity contribution in [2.75, 3.05) is 4.90 Å². The van der Waals surface area contributed by atoms with Gasteiger partial charge in [-0.3, -0.25) is 9.59 Å². The fourth-order valence-electron chi connectivity index (χ4n) is 3.13. The Bertz CT molecular complexity index is 1140.